The normalized spacial score (nSPS) is 10.2. The zero-order valence-corrected chi connectivity index (χ0v) is 11.8. The number of carbonyl (C=O) groups excluding carboxylic acids is 2. The third-order valence-electron chi connectivity index (χ3n) is 2.17. The number of amides is 3. The van der Waals surface area contributed by atoms with Crippen molar-refractivity contribution in [3.05, 3.63) is 11.9 Å². The summed E-state index contributed by atoms with van der Waals surface area (Å²) in [6.45, 7) is 3.29. The van der Waals surface area contributed by atoms with E-state index < -0.39 is 12.0 Å². The summed E-state index contributed by atoms with van der Waals surface area (Å²) in [4.78, 5) is 33.2. The first-order chi connectivity index (χ1) is 9.86. The number of hydrogen-bond donors (Lipinski definition) is 4. The summed E-state index contributed by atoms with van der Waals surface area (Å²) in [6, 6.07) is -0.520. The summed E-state index contributed by atoms with van der Waals surface area (Å²) in [5.41, 5.74) is 0.415. The lowest BCUT2D eigenvalue weighted by atomic mass is 10.4. The van der Waals surface area contributed by atoms with E-state index in [0.29, 0.717) is 5.69 Å². The Morgan fingerprint density at radius 2 is 2.05 bits per heavy atom. The summed E-state index contributed by atoms with van der Waals surface area (Å²) in [6.07, 6.45) is 1.42. The van der Waals surface area contributed by atoms with Crippen molar-refractivity contribution in [1.29, 1.82) is 0 Å². The van der Waals surface area contributed by atoms with Crippen LogP contribution in [-0.2, 0) is 22.7 Å². The van der Waals surface area contributed by atoms with Gasteiger partial charge in [-0.05, 0) is 13.8 Å². The molecule has 0 aliphatic carbocycles. The zero-order valence-electron chi connectivity index (χ0n) is 11.8. The van der Waals surface area contributed by atoms with Crippen molar-refractivity contribution in [3.63, 3.8) is 0 Å². The number of carboxylic acid groups (broad SMARTS) is 1. The van der Waals surface area contributed by atoms with E-state index in [2.05, 4.69) is 26.3 Å². The molecular weight excluding hydrogens is 280 g/mol. The van der Waals surface area contributed by atoms with Gasteiger partial charge in [0.15, 0.2) is 0 Å². The largest absolute Gasteiger partial charge is 0.480 e. The maximum absolute atomic E-state index is 11.4. The minimum atomic E-state index is -1.03. The smallest absolute Gasteiger partial charge is 0.325 e. The molecule has 0 aromatic carbocycles. The number of nitrogens with zero attached hydrogens (tertiary/aromatic N) is 3. The van der Waals surface area contributed by atoms with Crippen molar-refractivity contribution < 1.29 is 19.5 Å². The molecule has 0 radical (unpaired) electrons. The van der Waals surface area contributed by atoms with Crippen molar-refractivity contribution in [2.45, 2.75) is 33.0 Å². The minimum Gasteiger partial charge on any atom is -0.480 e. The highest BCUT2D eigenvalue weighted by molar-refractivity contribution is 5.83. The molecule has 1 aromatic rings. The Morgan fingerprint density at radius 3 is 2.67 bits per heavy atom. The molecule has 0 spiro atoms. The van der Waals surface area contributed by atoms with E-state index in [1.165, 1.54) is 6.20 Å². The monoisotopic (exact) mass is 298 g/mol. The molecule has 0 unspecified atom stereocenters. The van der Waals surface area contributed by atoms with Crippen LogP contribution in [0.3, 0.4) is 0 Å². The summed E-state index contributed by atoms with van der Waals surface area (Å²) < 4.78 is 1.15. The molecule has 0 aliphatic rings. The first-order valence-corrected chi connectivity index (χ1v) is 6.28. The van der Waals surface area contributed by atoms with Gasteiger partial charge in [-0.2, -0.15) is 0 Å². The van der Waals surface area contributed by atoms with Crippen LogP contribution in [0.2, 0.25) is 0 Å². The van der Waals surface area contributed by atoms with E-state index in [1.54, 1.807) is 0 Å². The molecule has 0 bridgehead atoms. The molecule has 0 aliphatic heterocycles. The Kier molecular flexibility index (Phi) is 6.11. The second kappa shape index (κ2) is 7.82. The maximum atomic E-state index is 11.4. The van der Waals surface area contributed by atoms with Gasteiger partial charge in [-0.15, -0.1) is 5.10 Å². The molecule has 116 valence electrons. The number of urea groups is 1. The van der Waals surface area contributed by atoms with E-state index in [1.807, 2.05) is 13.8 Å². The summed E-state index contributed by atoms with van der Waals surface area (Å²) in [5, 5.41) is 23.4. The van der Waals surface area contributed by atoms with Crippen LogP contribution < -0.4 is 16.0 Å². The molecule has 0 saturated carbocycles. The van der Waals surface area contributed by atoms with Crippen LogP contribution in [0.1, 0.15) is 19.5 Å². The third-order valence-corrected chi connectivity index (χ3v) is 2.17. The third kappa shape index (κ3) is 6.89. The Labute approximate surface area is 120 Å². The first kappa shape index (κ1) is 16.4. The molecule has 10 nitrogen and oxygen atoms in total. The van der Waals surface area contributed by atoms with Gasteiger partial charge in [0.25, 0.3) is 0 Å². The summed E-state index contributed by atoms with van der Waals surface area (Å²) >= 11 is 0. The SMILES string of the molecule is CC(C)NC(=O)CNC(=O)NCc1cn(CC(=O)O)nn1. The molecular formula is C11H18N6O4. The fourth-order valence-corrected chi connectivity index (χ4v) is 1.40. The second-order valence-electron chi connectivity index (χ2n) is 4.56. The molecule has 3 amide bonds. The van der Waals surface area contributed by atoms with Crippen molar-refractivity contribution in [2.75, 3.05) is 6.54 Å². The lowest BCUT2D eigenvalue weighted by Crippen LogP contribution is -2.43. The molecule has 4 N–H and O–H groups in total. The lowest BCUT2D eigenvalue weighted by Gasteiger charge is -2.09. The highest BCUT2D eigenvalue weighted by Crippen LogP contribution is 1.92. The van der Waals surface area contributed by atoms with Gasteiger partial charge in [-0.3, -0.25) is 9.59 Å². The van der Waals surface area contributed by atoms with Crippen molar-refractivity contribution in [1.82, 2.24) is 30.9 Å². The van der Waals surface area contributed by atoms with Crippen LogP contribution in [0.5, 0.6) is 0 Å². The Hall–Kier alpha value is -2.65. The van der Waals surface area contributed by atoms with Crippen LogP contribution in [0.25, 0.3) is 0 Å². The van der Waals surface area contributed by atoms with E-state index in [9.17, 15) is 14.4 Å². The predicted octanol–water partition coefficient (Wildman–Crippen LogP) is -1.31. The molecule has 0 saturated heterocycles. The molecule has 0 atom stereocenters. The Balaban J connectivity index is 2.28. The molecule has 1 aromatic heterocycles. The van der Waals surface area contributed by atoms with E-state index in [4.69, 9.17) is 5.11 Å². The van der Waals surface area contributed by atoms with Gasteiger partial charge in [0, 0.05) is 6.04 Å². The summed E-state index contributed by atoms with van der Waals surface area (Å²) in [5.74, 6) is -1.32. The fourth-order valence-electron chi connectivity index (χ4n) is 1.40. The van der Waals surface area contributed by atoms with E-state index in [-0.39, 0.29) is 31.6 Å². The second-order valence-corrected chi connectivity index (χ2v) is 4.56. The number of aromatic nitrogens is 3. The maximum Gasteiger partial charge on any atom is 0.325 e. The number of hydrogen-bond acceptors (Lipinski definition) is 5. The Morgan fingerprint density at radius 1 is 1.33 bits per heavy atom. The quantitative estimate of drug-likeness (QED) is 0.493. The van der Waals surface area contributed by atoms with Gasteiger partial charge in [0.1, 0.15) is 12.2 Å². The highest BCUT2D eigenvalue weighted by Gasteiger charge is 2.08. The molecule has 1 rings (SSSR count). The van der Waals surface area contributed by atoms with E-state index >= 15 is 0 Å². The van der Waals surface area contributed by atoms with Crippen molar-refractivity contribution in [2.24, 2.45) is 0 Å². The first-order valence-electron chi connectivity index (χ1n) is 6.28. The number of nitrogens with one attached hydrogen (secondary N) is 3. The van der Waals surface area contributed by atoms with Crippen molar-refractivity contribution in [3.8, 4) is 0 Å². The van der Waals surface area contributed by atoms with Crippen LogP contribution in [0, 0.1) is 0 Å². The molecule has 1 heterocycles. The van der Waals surface area contributed by atoms with Gasteiger partial charge in [0.05, 0.1) is 19.3 Å². The van der Waals surface area contributed by atoms with Gasteiger partial charge in [0.2, 0.25) is 5.91 Å². The van der Waals surface area contributed by atoms with Crippen molar-refractivity contribution >= 4 is 17.9 Å². The van der Waals surface area contributed by atoms with Crippen LogP contribution in [0.15, 0.2) is 6.20 Å². The predicted molar refractivity (Wildman–Crippen MR) is 71.2 cm³/mol. The zero-order chi connectivity index (χ0) is 15.8. The Bertz CT molecular complexity index is 513. The van der Waals surface area contributed by atoms with Crippen LogP contribution in [0.4, 0.5) is 4.79 Å². The number of carboxylic acids is 1. The van der Waals surface area contributed by atoms with Gasteiger partial charge < -0.3 is 21.1 Å². The van der Waals surface area contributed by atoms with Gasteiger partial charge in [-0.25, -0.2) is 9.48 Å². The van der Waals surface area contributed by atoms with E-state index in [0.717, 1.165) is 4.68 Å². The number of aliphatic carboxylic acids is 1. The lowest BCUT2D eigenvalue weighted by molar-refractivity contribution is -0.137. The fraction of sp³-hybridized carbons (Fsp3) is 0.545. The number of rotatable bonds is 7. The van der Waals surface area contributed by atoms with Crippen LogP contribution >= 0.6 is 0 Å². The summed E-state index contributed by atoms with van der Waals surface area (Å²) in [7, 11) is 0. The van der Waals surface area contributed by atoms with Gasteiger partial charge >= 0.3 is 12.0 Å². The minimum absolute atomic E-state index is 0.00614. The van der Waals surface area contributed by atoms with Crippen LogP contribution in [-0.4, -0.2) is 50.6 Å². The topological polar surface area (TPSA) is 138 Å². The standard InChI is InChI=1S/C11H18N6O4/c1-7(2)14-9(18)4-13-11(21)12-3-8-5-17(16-15-8)6-10(19)20/h5,7H,3-4,6H2,1-2H3,(H,14,18)(H,19,20)(H2,12,13,21). The average molecular weight is 298 g/mol. The average Bonchev–Trinajstić information content (AvgIpc) is 2.79. The van der Waals surface area contributed by atoms with Gasteiger partial charge in [-0.1, -0.05) is 5.21 Å². The number of carbonyl (C=O) groups is 3. The molecule has 21 heavy (non-hydrogen) atoms. The molecule has 10 heteroatoms. The molecule has 0 fully saturated rings. The highest BCUT2D eigenvalue weighted by atomic mass is 16.4.